The highest BCUT2D eigenvalue weighted by atomic mass is 16.6. The first-order chi connectivity index (χ1) is 7.98. The fraction of sp³-hybridized carbons (Fsp3) is 0.500. The molecule has 1 aromatic heterocycles. The van der Waals surface area contributed by atoms with Gasteiger partial charge in [-0.05, 0) is 19.3 Å². The zero-order valence-corrected chi connectivity index (χ0v) is 9.22. The van der Waals surface area contributed by atoms with E-state index in [-0.39, 0.29) is 11.5 Å². The van der Waals surface area contributed by atoms with Crippen molar-refractivity contribution in [2.24, 2.45) is 0 Å². The Balaban J connectivity index is 2.07. The van der Waals surface area contributed by atoms with E-state index in [0.29, 0.717) is 12.4 Å². The second-order valence-corrected chi connectivity index (χ2v) is 4.32. The third-order valence-corrected chi connectivity index (χ3v) is 2.92. The minimum Gasteiger partial charge on any atom is -0.388 e. The molecule has 7 nitrogen and oxygen atoms in total. The highest BCUT2D eigenvalue weighted by Crippen LogP contribution is 2.31. The molecule has 0 amide bonds. The molecule has 4 N–H and O–H groups in total. The summed E-state index contributed by atoms with van der Waals surface area (Å²) in [6, 6.07) is 2.50. The molecule has 0 saturated heterocycles. The van der Waals surface area contributed by atoms with Crippen LogP contribution in [0, 0.1) is 10.1 Å². The van der Waals surface area contributed by atoms with E-state index in [2.05, 4.69) is 10.3 Å². The molecule has 1 aliphatic rings. The van der Waals surface area contributed by atoms with Crippen molar-refractivity contribution in [3.63, 3.8) is 0 Å². The van der Waals surface area contributed by atoms with Gasteiger partial charge in [-0.25, -0.2) is 4.98 Å². The number of nitrogens with one attached hydrogen (secondary N) is 1. The Kier molecular flexibility index (Phi) is 2.84. The molecule has 0 radical (unpaired) electrons. The first-order valence-electron chi connectivity index (χ1n) is 5.37. The normalized spacial score (nSPS) is 17.2. The minimum atomic E-state index is -0.707. The number of pyridine rings is 1. The summed E-state index contributed by atoms with van der Waals surface area (Å²) in [5.41, 5.74) is 4.65. The quantitative estimate of drug-likeness (QED) is 0.530. The highest BCUT2D eigenvalue weighted by molar-refractivity contribution is 5.52. The van der Waals surface area contributed by atoms with Gasteiger partial charge in [-0.2, -0.15) is 0 Å². The lowest BCUT2D eigenvalue weighted by molar-refractivity contribution is -0.384. The van der Waals surface area contributed by atoms with Crippen molar-refractivity contribution >= 4 is 17.3 Å². The second-order valence-electron chi connectivity index (χ2n) is 4.32. The van der Waals surface area contributed by atoms with Crippen LogP contribution in [0.1, 0.15) is 19.3 Å². The molecule has 0 unspecified atom stereocenters. The van der Waals surface area contributed by atoms with E-state index in [9.17, 15) is 15.2 Å². The molecule has 17 heavy (non-hydrogen) atoms. The molecule has 7 heteroatoms. The number of hydrogen-bond acceptors (Lipinski definition) is 6. The van der Waals surface area contributed by atoms with E-state index in [1.807, 2.05) is 0 Å². The lowest BCUT2D eigenvalue weighted by Gasteiger charge is -2.36. The molecule has 1 fully saturated rings. The van der Waals surface area contributed by atoms with Crippen LogP contribution >= 0.6 is 0 Å². The van der Waals surface area contributed by atoms with E-state index >= 15 is 0 Å². The van der Waals surface area contributed by atoms with Crippen LogP contribution in [0.5, 0.6) is 0 Å². The Morgan fingerprint density at radius 3 is 2.82 bits per heavy atom. The van der Waals surface area contributed by atoms with E-state index in [1.165, 1.54) is 12.1 Å². The van der Waals surface area contributed by atoms with E-state index in [0.717, 1.165) is 19.3 Å². The Bertz CT molecular complexity index is 445. The monoisotopic (exact) mass is 238 g/mol. The fourth-order valence-corrected chi connectivity index (χ4v) is 1.75. The molecule has 2 rings (SSSR count). The van der Waals surface area contributed by atoms with E-state index < -0.39 is 10.5 Å². The van der Waals surface area contributed by atoms with Crippen LogP contribution in [0.4, 0.5) is 17.3 Å². The van der Waals surface area contributed by atoms with Gasteiger partial charge in [0.05, 0.1) is 22.7 Å². The Morgan fingerprint density at radius 1 is 1.59 bits per heavy atom. The highest BCUT2D eigenvalue weighted by Gasteiger charge is 2.34. The molecule has 0 bridgehead atoms. The maximum absolute atomic E-state index is 10.6. The van der Waals surface area contributed by atoms with E-state index in [1.54, 1.807) is 0 Å². The first kappa shape index (κ1) is 11.6. The molecule has 1 aromatic rings. The van der Waals surface area contributed by atoms with Crippen molar-refractivity contribution < 1.29 is 10.0 Å². The smallest absolute Gasteiger partial charge is 0.276 e. The summed E-state index contributed by atoms with van der Waals surface area (Å²) in [5, 5.41) is 23.4. The molecular weight excluding hydrogens is 224 g/mol. The van der Waals surface area contributed by atoms with Crippen molar-refractivity contribution in [3.05, 3.63) is 22.2 Å². The van der Waals surface area contributed by atoms with Crippen molar-refractivity contribution in [1.82, 2.24) is 4.98 Å². The topological polar surface area (TPSA) is 114 Å². The SMILES string of the molecule is Nc1cc([N+](=O)[O-])cc(NCC2(O)CCC2)n1. The number of nitrogens with zero attached hydrogens (tertiary/aromatic N) is 2. The number of aliphatic hydroxyl groups is 1. The van der Waals surface area contributed by atoms with Crippen LogP contribution in [0.15, 0.2) is 12.1 Å². The average Bonchev–Trinajstić information content (AvgIpc) is 2.23. The van der Waals surface area contributed by atoms with Gasteiger partial charge in [-0.3, -0.25) is 10.1 Å². The summed E-state index contributed by atoms with van der Waals surface area (Å²) in [7, 11) is 0. The molecule has 0 spiro atoms. The van der Waals surface area contributed by atoms with Crippen LogP contribution in [0.25, 0.3) is 0 Å². The van der Waals surface area contributed by atoms with Gasteiger partial charge in [0, 0.05) is 6.54 Å². The van der Waals surface area contributed by atoms with Crippen LogP contribution in [-0.2, 0) is 0 Å². The second kappa shape index (κ2) is 4.17. The summed E-state index contributed by atoms with van der Waals surface area (Å²) in [6.45, 7) is 0.334. The first-order valence-corrected chi connectivity index (χ1v) is 5.37. The maximum Gasteiger partial charge on any atom is 0.276 e. The summed E-state index contributed by atoms with van der Waals surface area (Å²) in [6.07, 6.45) is 2.48. The third kappa shape index (κ3) is 2.62. The minimum absolute atomic E-state index is 0.0855. The third-order valence-electron chi connectivity index (χ3n) is 2.92. The predicted molar refractivity (Wildman–Crippen MR) is 62.6 cm³/mol. The zero-order valence-electron chi connectivity index (χ0n) is 9.22. The van der Waals surface area contributed by atoms with Crippen LogP contribution in [-0.4, -0.2) is 27.2 Å². The van der Waals surface area contributed by atoms with E-state index in [4.69, 9.17) is 5.73 Å². The summed E-state index contributed by atoms with van der Waals surface area (Å²) < 4.78 is 0. The molecule has 0 aromatic carbocycles. The van der Waals surface area contributed by atoms with Crippen molar-refractivity contribution in [2.45, 2.75) is 24.9 Å². The lowest BCUT2D eigenvalue weighted by Crippen LogP contribution is -2.43. The van der Waals surface area contributed by atoms with Crippen LogP contribution in [0.2, 0.25) is 0 Å². The summed E-state index contributed by atoms with van der Waals surface area (Å²) >= 11 is 0. The van der Waals surface area contributed by atoms with Gasteiger partial charge >= 0.3 is 0 Å². The van der Waals surface area contributed by atoms with Crippen LogP contribution < -0.4 is 11.1 Å². The lowest BCUT2D eigenvalue weighted by atomic mass is 9.80. The molecular formula is C10H14N4O3. The molecule has 0 aliphatic heterocycles. The number of nitrogens with two attached hydrogens (primary N) is 1. The van der Waals surface area contributed by atoms with Gasteiger partial charge in [-0.1, -0.05) is 0 Å². The summed E-state index contributed by atoms with van der Waals surface area (Å²) in [4.78, 5) is 14.0. The van der Waals surface area contributed by atoms with Gasteiger partial charge in [0.15, 0.2) is 0 Å². The standard InChI is InChI=1S/C10H14N4O3/c11-8-4-7(14(16)17)5-9(13-8)12-6-10(15)2-1-3-10/h4-5,15H,1-3,6H2,(H3,11,12,13). The maximum atomic E-state index is 10.6. The zero-order chi connectivity index (χ0) is 12.5. The van der Waals surface area contributed by atoms with Crippen molar-refractivity contribution in [1.29, 1.82) is 0 Å². The Hall–Kier alpha value is -1.89. The molecule has 92 valence electrons. The largest absolute Gasteiger partial charge is 0.388 e. The molecule has 1 saturated carbocycles. The van der Waals surface area contributed by atoms with Crippen LogP contribution in [0.3, 0.4) is 0 Å². The van der Waals surface area contributed by atoms with Gasteiger partial charge in [0.25, 0.3) is 5.69 Å². The van der Waals surface area contributed by atoms with Gasteiger partial charge < -0.3 is 16.2 Å². The number of aromatic nitrogens is 1. The predicted octanol–water partition coefficient (Wildman–Crippen LogP) is 0.899. The number of rotatable bonds is 4. The average molecular weight is 238 g/mol. The number of anilines is 2. The number of hydrogen-bond donors (Lipinski definition) is 3. The number of nitrogen functional groups attached to an aromatic ring is 1. The van der Waals surface area contributed by atoms with Gasteiger partial charge in [-0.15, -0.1) is 0 Å². The number of nitro groups is 1. The van der Waals surface area contributed by atoms with Crippen molar-refractivity contribution in [2.75, 3.05) is 17.6 Å². The Morgan fingerprint density at radius 2 is 2.29 bits per heavy atom. The molecule has 1 aliphatic carbocycles. The van der Waals surface area contributed by atoms with Crippen molar-refractivity contribution in [3.8, 4) is 0 Å². The van der Waals surface area contributed by atoms with Gasteiger partial charge in [0.2, 0.25) is 0 Å². The molecule has 1 heterocycles. The molecule has 0 atom stereocenters. The van der Waals surface area contributed by atoms with Gasteiger partial charge in [0.1, 0.15) is 11.6 Å². The fourth-order valence-electron chi connectivity index (χ4n) is 1.75. The Labute approximate surface area is 97.8 Å². The summed E-state index contributed by atoms with van der Waals surface area (Å²) in [5.74, 6) is 0.402.